The standard InChI is InChI=1S/C13H10N4O/c14-12(18)10-4-1-3-9(7-10)11-8-17-6-2-5-15-13(17)16-11/h1-8H,(H2,14,18). The molecule has 0 bridgehead atoms. The summed E-state index contributed by atoms with van der Waals surface area (Å²) in [6.45, 7) is 0. The Morgan fingerprint density at radius 1 is 1.28 bits per heavy atom. The van der Waals surface area contributed by atoms with Crippen LogP contribution in [0.5, 0.6) is 0 Å². The summed E-state index contributed by atoms with van der Waals surface area (Å²) in [5.41, 5.74) is 7.33. The molecule has 2 N–H and O–H groups in total. The van der Waals surface area contributed by atoms with Gasteiger partial charge < -0.3 is 5.73 Å². The van der Waals surface area contributed by atoms with Crippen molar-refractivity contribution in [2.75, 3.05) is 0 Å². The number of hydrogen-bond donors (Lipinski definition) is 1. The van der Waals surface area contributed by atoms with Crippen LogP contribution in [0, 0.1) is 0 Å². The highest BCUT2D eigenvalue weighted by atomic mass is 16.1. The van der Waals surface area contributed by atoms with Crippen molar-refractivity contribution >= 4 is 11.7 Å². The number of imidazole rings is 1. The number of nitrogens with zero attached hydrogens (tertiary/aromatic N) is 3. The van der Waals surface area contributed by atoms with Crippen LogP contribution in [-0.2, 0) is 0 Å². The summed E-state index contributed by atoms with van der Waals surface area (Å²) in [7, 11) is 0. The van der Waals surface area contributed by atoms with Gasteiger partial charge in [0.25, 0.3) is 0 Å². The minimum absolute atomic E-state index is 0.446. The largest absolute Gasteiger partial charge is 0.366 e. The van der Waals surface area contributed by atoms with Crippen LogP contribution in [0.1, 0.15) is 10.4 Å². The predicted molar refractivity (Wildman–Crippen MR) is 66.9 cm³/mol. The molecule has 5 heteroatoms. The number of nitrogens with two attached hydrogens (primary N) is 1. The lowest BCUT2D eigenvalue weighted by Gasteiger charge is -1.98. The third-order valence-corrected chi connectivity index (χ3v) is 2.68. The maximum absolute atomic E-state index is 11.1. The molecule has 0 aliphatic carbocycles. The van der Waals surface area contributed by atoms with Crippen LogP contribution in [0.15, 0.2) is 48.9 Å². The highest BCUT2D eigenvalue weighted by molar-refractivity contribution is 5.94. The minimum Gasteiger partial charge on any atom is -0.366 e. The Hall–Kier alpha value is -2.69. The Morgan fingerprint density at radius 3 is 2.94 bits per heavy atom. The molecule has 1 aromatic carbocycles. The molecule has 0 saturated carbocycles. The van der Waals surface area contributed by atoms with E-state index in [0.717, 1.165) is 11.3 Å². The zero-order valence-electron chi connectivity index (χ0n) is 9.45. The van der Waals surface area contributed by atoms with Gasteiger partial charge in [0, 0.05) is 29.7 Å². The Morgan fingerprint density at radius 2 is 2.17 bits per heavy atom. The molecule has 5 nitrogen and oxygen atoms in total. The smallest absolute Gasteiger partial charge is 0.248 e. The van der Waals surface area contributed by atoms with Gasteiger partial charge in [0.05, 0.1) is 5.69 Å². The van der Waals surface area contributed by atoms with E-state index in [0.29, 0.717) is 11.3 Å². The first kappa shape index (κ1) is 10.5. The Bertz CT molecular complexity index is 699. The average molecular weight is 238 g/mol. The molecule has 1 amide bonds. The van der Waals surface area contributed by atoms with Gasteiger partial charge >= 0.3 is 0 Å². The van der Waals surface area contributed by atoms with Gasteiger partial charge in [0.15, 0.2) is 0 Å². The molecule has 3 rings (SSSR count). The Kier molecular flexibility index (Phi) is 2.30. The van der Waals surface area contributed by atoms with Crippen molar-refractivity contribution in [1.29, 1.82) is 0 Å². The van der Waals surface area contributed by atoms with E-state index in [-0.39, 0.29) is 0 Å². The van der Waals surface area contributed by atoms with Gasteiger partial charge in [0.1, 0.15) is 0 Å². The zero-order valence-corrected chi connectivity index (χ0v) is 9.45. The third kappa shape index (κ3) is 1.71. The van der Waals surface area contributed by atoms with Crippen molar-refractivity contribution < 1.29 is 4.79 Å². The summed E-state index contributed by atoms with van der Waals surface area (Å²) < 4.78 is 1.83. The molecule has 0 unspecified atom stereocenters. The number of amides is 1. The fraction of sp³-hybridized carbons (Fsp3) is 0. The van der Waals surface area contributed by atoms with E-state index >= 15 is 0 Å². The lowest BCUT2D eigenvalue weighted by atomic mass is 10.1. The second-order valence-electron chi connectivity index (χ2n) is 3.90. The highest BCUT2D eigenvalue weighted by Crippen LogP contribution is 2.19. The monoisotopic (exact) mass is 238 g/mol. The van der Waals surface area contributed by atoms with Gasteiger partial charge in [-0.05, 0) is 18.2 Å². The maximum Gasteiger partial charge on any atom is 0.248 e. The minimum atomic E-state index is -0.446. The molecule has 2 heterocycles. The van der Waals surface area contributed by atoms with Gasteiger partial charge in [-0.2, -0.15) is 0 Å². The van der Waals surface area contributed by atoms with Crippen LogP contribution >= 0.6 is 0 Å². The van der Waals surface area contributed by atoms with E-state index in [2.05, 4.69) is 9.97 Å². The SMILES string of the molecule is NC(=O)c1cccc(-c2cn3cccnc3n2)c1. The molecule has 0 spiro atoms. The van der Waals surface area contributed by atoms with Crippen molar-refractivity contribution in [3.05, 3.63) is 54.5 Å². The van der Waals surface area contributed by atoms with Crippen LogP contribution in [0.3, 0.4) is 0 Å². The topological polar surface area (TPSA) is 73.3 Å². The molecule has 18 heavy (non-hydrogen) atoms. The number of benzene rings is 1. The van der Waals surface area contributed by atoms with Gasteiger partial charge in [-0.3, -0.25) is 9.20 Å². The summed E-state index contributed by atoms with van der Waals surface area (Å²) in [5, 5.41) is 0. The fourth-order valence-corrected chi connectivity index (χ4v) is 1.80. The molecule has 2 aromatic heterocycles. The zero-order chi connectivity index (χ0) is 12.5. The second kappa shape index (κ2) is 3.96. The van der Waals surface area contributed by atoms with E-state index in [9.17, 15) is 4.79 Å². The quantitative estimate of drug-likeness (QED) is 0.735. The lowest BCUT2D eigenvalue weighted by molar-refractivity contribution is 0.100. The molecular weight excluding hydrogens is 228 g/mol. The molecule has 0 fully saturated rings. The normalized spacial score (nSPS) is 10.7. The van der Waals surface area contributed by atoms with Crippen LogP contribution < -0.4 is 5.73 Å². The van der Waals surface area contributed by atoms with Crippen molar-refractivity contribution in [1.82, 2.24) is 14.4 Å². The Balaban J connectivity index is 2.13. The number of carbonyl (C=O) groups excluding carboxylic acids is 1. The van der Waals surface area contributed by atoms with Gasteiger partial charge in [0.2, 0.25) is 11.7 Å². The summed E-state index contributed by atoms with van der Waals surface area (Å²) in [6, 6.07) is 8.91. The van der Waals surface area contributed by atoms with Crippen LogP contribution in [0.4, 0.5) is 0 Å². The summed E-state index contributed by atoms with van der Waals surface area (Å²) >= 11 is 0. The molecule has 0 atom stereocenters. The second-order valence-corrected chi connectivity index (χ2v) is 3.90. The number of rotatable bonds is 2. The highest BCUT2D eigenvalue weighted by Gasteiger charge is 2.07. The molecule has 0 radical (unpaired) electrons. The fourth-order valence-electron chi connectivity index (χ4n) is 1.80. The van der Waals surface area contributed by atoms with E-state index in [1.165, 1.54) is 0 Å². The molecule has 0 saturated heterocycles. The number of hydrogen-bond acceptors (Lipinski definition) is 3. The van der Waals surface area contributed by atoms with Crippen molar-refractivity contribution in [2.24, 2.45) is 5.73 Å². The number of aromatic nitrogens is 3. The molecule has 0 aliphatic heterocycles. The predicted octanol–water partition coefficient (Wildman–Crippen LogP) is 1.50. The number of carbonyl (C=O) groups is 1. The maximum atomic E-state index is 11.1. The van der Waals surface area contributed by atoms with Crippen LogP contribution in [0.2, 0.25) is 0 Å². The van der Waals surface area contributed by atoms with Crippen molar-refractivity contribution in [3.63, 3.8) is 0 Å². The first-order valence-corrected chi connectivity index (χ1v) is 5.44. The molecule has 88 valence electrons. The first-order chi connectivity index (χ1) is 8.74. The molecule has 0 aliphatic rings. The van der Waals surface area contributed by atoms with Gasteiger partial charge in [-0.1, -0.05) is 12.1 Å². The number of primary amides is 1. The van der Waals surface area contributed by atoms with E-state index < -0.39 is 5.91 Å². The van der Waals surface area contributed by atoms with Crippen molar-refractivity contribution in [2.45, 2.75) is 0 Å². The Labute approximate surface area is 103 Å². The molecular formula is C13H10N4O. The van der Waals surface area contributed by atoms with Crippen LogP contribution in [-0.4, -0.2) is 20.3 Å². The third-order valence-electron chi connectivity index (χ3n) is 2.68. The lowest BCUT2D eigenvalue weighted by Crippen LogP contribution is -2.10. The van der Waals surface area contributed by atoms with E-state index in [1.807, 2.05) is 28.9 Å². The number of fused-ring (bicyclic) bond motifs is 1. The van der Waals surface area contributed by atoms with Gasteiger partial charge in [-0.15, -0.1) is 0 Å². The summed E-state index contributed by atoms with van der Waals surface area (Å²) in [4.78, 5) is 19.7. The van der Waals surface area contributed by atoms with Gasteiger partial charge in [-0.25, -0.2) is 9.97 Å². The van der Waals surface area contributed by atoms with E-state index in [1.54, 1.807) is 24.4 Å². The summed E-state index contributed by atoms with van der Waals surface area (Å²) in [6.07, 6.45) is 5.42. The van der Waals surface area contributed by atoms with E-state index in [4.69, 9.17) is 5.73 Å². The molecule has 3 aromatic rings. The first-order valence-electron chi connectivity index (χ1n) is 5.44. The van der Waals surface area contributed by atoms with Crippen molar-refractivity contribution in [3.8, 4) is 11.3 Å². The van der Waals surface area contributed by atoms with Crippen LogP contribution in [0.25, 0.3) is 17.0 Å². The summed E-state index contributed by atoms with van der Waals surface area (Å²) in [5.74, 6) is 0.177. The average Bonchev–Trinajstić information content (AvgIpc) is 2.82.